The van der Waals surface area contributed by atoms with Gasteiger partial charge in [-0.05, 0) is 72.1 Å². The lowest BCUT2D eigenvalue weighted by Gasteiger charge is -2.16. The molecule has 0 amide bonds. The quantitative estimate of drug-likeness (QED) is 0.383. The van der Waals surface area contributed by atoms with Crippen LogP contribution in [-0.2, 0) is 4.74 Å². The summed E-state index contributed by atoms with van der Waals surface area (Å²) in [5.41, 5.74) is 0.989. The first-order chi connectivity index (χ1) is 16.1. The number of esters is 1. The predicted molar refractivity (Wildman–Crippen MR) is 133 cm³/mol. The summed E-state index contributed by atoms with van der Waals surface area (Å²) in [5, 5.41) is 1.13. The Morgan fingerprint density at radius 2 is 1.62 bits per heavy atom. The summed E-state index contributed by atoms with van der Waals surface area (Å²) < 4.78 is 18.8. The molecule has 0 aliphatic rings. The largest absolute Gasteiger partial charge is 0.491 e. The molecule has 0 saturated carbocycles. The fourth-order valence-electron chi connectivity index (χ4n) is 3.43. The van der Waals surface area contributed by atoms with Gasteiger partial charge >= 0.3 is 5.97 Å². The van der Waals surface area contributed by atoms with E-state index in [0.717, 1.165) is 0 Å². The molecule has 0 fully saturated rings. The van der Waals surface area contributed by atoms with Crippen LogP contribution in [0.4, 0.5) is 0 Å². The van der Waals surface area contributed by atoms with Crippen molar-refractivity contribution in [2.45, 2.75) is 39.9 Å². The Balaban J connectivity index is 2.20. The number of carbonyl (C=O) groups excluding carboxylic acids is 2. The highest BCUT2D eigenvalue weighted by molar-refractivity contribution is 6.30. The van der Waals surface area contributed by atoms with Gasteiger partial charge in [0, 0.05) is 34.6 Å². The van der Waals surface area contributed by atoms with Crippen LogP contribution in [0.3, 0.4) is 0 Å². The van der Waals surface area contributed by atoms with Gasteiger partial charge in [-0.15, -0.1) is 0 Å². The molecule has 8 heteroatoms. The molecular weight excluding hydrogens is 456 g/mol. The van der Waals surface area contributed by atoms with Crippen molar-refractivity contribution >= 4 is 34.4 Å². The molecule has 182 valence electrons. The maximum Gasteiger partial charge on any atom is 0.355 e. The summed E-state index contributed by atoms with van der Waals surface area (Å²) in [5.74, 6) is 0.0766. The van der Waals surface area contributed by atoms with E-state index in [1.165, 1.54) is 4.57 Å². The van der Waals surface area contributed by atoms with E-state index < -0.39 is 5.97 Å². The monoisotopic (exact) mass is 486 g/mol. The Kier molecular flexibility index (Phi) is 8.23. The number of nitrogens with zero attached hydrogens (tertiary/aromatic N) is 2. The van der Waals surface area contributed by atoms with Crippen LogP contribution in [0, 0.1) is 0 Å². The molecule has 0 N–H and O–H groups in total. The minimum atomic E-state index is -0.595. The molecule has 0 saturated heterocycles. The van der Waals surface area contributed by atoms with Crippen molar-refractivity contribution in [3.05, 3.63) is 58.7 Å². The molecule has 0 atom stereocenters. The van der Waals surface area contributed by atoms with Gasteiger partial charge in [0.05, 0.1) is 17.7 Å². The van der Waals surface area contributed by atoms with Gasteiger partial charge in [0.2, 0.25) is 0 Å². The molecule has 34 heavy (non-hydrogen) atoms. The smallest absolute Gasteiger partial charge is 0.355 e. The number of fused-ring (bicyclic) bond motifs is 1. The second-order valence-electron chi connectivity index (χ2n) is 8.80. The molecule has 3 rings (SSSR count). The first-order valence-electron chi connectivity index (χ1n) is 11.2. The number of hydrogen-bond donors (Lipinski definition) is 0. The summed E-state index contributed by atoms with van der Waals surface area (Å²) in [6.45, 7) is 8.41. The lowest BCUT2D eigenvalue weighted by molar-refractivity contribution is 0.0467. The van der Waals surface area contributed by atoms with E-state index in [9.17, 15) is 9.59 Å². The van der Waals surface area contributed by atoms with Gasteiger partial charge in [-0.2, -0.15) is 0 Å². The summed E-state index contributed by atoms with van der Waals surface area (Å²) in [7, 11) is 3.78. The molecule has 0 aliphatic carbocycles. The Hall–Kier alpha value is -3.03. The Morgan fingerprint density at radius 1 is 0.971 bits per heavy atom. The van der Waals surface area contributed by atoms with E-state index in [2.05, 4.69) is 0 Å². The standard InChI is InChI=1S/C26H31ClN2O5/c1-16(2)33-20-13-22-21(24(14-20)34-17(3)4)15-23(26(31)32-12-11-28(5)6)29(22)25(30)18-7-9-19(27)10-8-18/h7-10,13-17H,11-12H2,1-6H3. The second-order valence-corrected chi connectivity index (χ2v) is 9.24. The van der Waals surface area contributed by atoms with E-state index in [1.54, 1.807) is 42.5 Å². The maximum absolute atomic E-state index is 13.6. The van der Waals surface area contributed by atoms with Gasteiger partial charge in [-0.3, -0.25) is 9.36 Å². The van der Waals surface area contributed by atoms with Crippen molar-refractivity contribution in [1.82, 2.24) is 9.47 Å². The third kappa shape index (κ3) is 6.10. The Morgan fingerprint density at radius 3 is 2.21 bits per heavy atom. The van der Waals surface area contributed by atoms with Crippen LogP contribution in [-0.4, -0.2) is 60.8 Å². The number of carbonyl (C=O) groups is 2. The van der Waals surface area contributed by atoms with E-state index >= 15 is 0 Å². The topological polar surface area (TPSA) is 70.0 Å². The highest BCUT2D eigenvalue weighted by Crippen LogP contribution is 2.36. The van der Waals surface area contributed by atoms with E-state index in [-0.39, 0.29) is 30.4 Å². The summed E-state index contributed by atoms with van der Waals surface area (Å²) >= 11 is 6.01. The fourth-order valence-corrected chi connectivity index (χ4v) is 3.55. The fraction of sp³-hybridized carbons (Fsp3) is 0.385. The third-order valence-electron chi connectivity index (χ3n) is 4.87. The molecule has 0 bridgehead atoms. The molecule has 1 aromatic heterocycles. The lowest BCUT2D eigenvalue weighted by Crippen LogP contribution is -2.23. The molecule has 2 aromatic carbocycles. The van der Waals surface area contributed by atoms with Crippen molar-refractivity contribution in [2.75, 3.05) is 27.2 Å². The maximum atomic E-state index is 13.6. The number of likely N-dealkylation sites (N-methyl/N-ethyl adjacent to an activating group) is 1. The first kappa shape index (κ1) is 25.6. The van der Waals surface area contributed by atoms with Crippen molar-refractivity contribution in [2.24, 2.45) is 0 Å². The van der Waals surface area contributed by atoms with Crippen LogP contribution in [0.25, 0.3) is 10.9 Å². The number of aromatic nitrogens is 1. The molecule has 0 spiro atoms. The van der Waals surface area contributed by atoms with Crippen LogP contribution < -0.4 is 9.47 Å². The molecule has 0 aliphatic heterocycles. The zero-order valence-corrected chi connectivity index (χ0v) is 21.2. The SMILES string of the molecule is CC(C)Oc1cc(OC(C)C)c2cc(C(=O)OCCN(C)C)n(C(=O)c3ccc(Cl)cc3)c2c1. The van der Waals surface area contributed by atoms with Crippen molar-refractivity contribution in [3.8, 4) is 11.5 Å². The van der Waals surface area contributed by atoms with Gasteiger partial charge in [0.15, 0.2) is 0 Å². The average molecular weight is 487 g/mol. The Bertz CT molecular complexity index is 1170. The minimum Gasteiger partial charge on any atom is -0.491 e. The number of ether oxygens (including phenoxy) is 3. The predicted octanol–water partition coefficient (Wildman–Crippen LogP) is 5.28. The Labute approximate surface area is 205 Å². The summed E-state index contributed by atoms with van der Waals surface area (Å²) in [6, 6.07) is 11.7. The molecular formula is C26H31ClN2O5. The third-order valence-corrected chi connectivity index (χ3v) is 5.12. The number of hydrogen-bond acceptors (Lipinski definition) is 6. The zero-order valence-electron chi connectivity index (χ0n) is 20.4. The van der Waals surface area contributed by atoms with Gasteiger partial charge < -0.3 is 19.1 Å². The van der Waals surface area contributed by atoms with Gasteiger partial charge in [-0.1, -0.05) is 11.6 Å². The molecule has 3 aromatic rings. The van der Waals surface area contributed by atoms with Crippen LogP contribution in [0.5, 0.6) is 11.5 Å². The van der Waals surface area contributed by atoms with E-state index in [4.69, 9.17) is 25.8 Å². The van der Waals surface area contributed by atoms with E-state index in [1.807, 2.05) is 46.7 Å². The first-order valence-corrected chi connectivity index (χ1v) is 11.6. The molecule has 1 heterocycles. The number of benzene rings is 2. The van der Waals surface area contributed by atoms with Crippen molar-refractivity contribution in [1.29, 1.82) is 0 Å². The highest BCUT2D eigenvalue weighted by atomic mass is 35.5. The average Bonchev–Trinajstić information content (AvgIpc) is 3.12. The van der Waals surface area contributed by atoms with Gasteiger partial charge in [0.1, 0.15) is 23.8 Å². The molecule has 7 nitrogen and oxygen atoms in total. The second kappa shape index (κ2) is 10.9. The number of halogens is 1. The van der Waals surface area contributed by atoms with Crippen LogP contribution in [0.2, 0.25) is 5.02 Å². The van der Waals surface area contributed by atoms with Gasteiger partial charge in [0.25, 0.3) is 5.91 Å². The van der Waals surface area contributed by atoms with Crippen molar-refractivity contribution < 1.29 is 23.8 Å². The van der Waals surface area contributed by atoms with Crippen LogP contribution >= 0.6 is 11.6 Å². The van der Waals surface area contributed by atoms with E-state index in [0.29, 0.717) is 39.5 Å². The van der Waals surface area contributed by atoms with Gasteiger partial charge in [-0.25, -0.2) is 4.79 Å². The normalized spacial score (nSPS) is 11.5. The lowest BCUT2D eigenvalue weighted by atomic mass is 10.2. The molecule has 0 unspecified atom stereocenters. The number of rotatable bonds is 9. The van der Waals surface area contributed by atoms with Crippen molar-refractivity contribution in [3.63, 3.8) is 0 Å². The van der Waals surface area contributed by atoms with Crippen LogP contribution in [0.1, 0.15) is 48.5 Å². The summed E-state index contributed by atoms with van der Waals surface area (Å²) in [4.78, 5) is 28.6. The minimum absolute atomic E-state index is 0.0878. The summed E-state index contributed by atoms with van der Waals surface area (Å²) in [6.07, 6.45) is -0.210. The zero-order chi connectivity index (χ0) is 25.0. The van der Waals surface area contributed by atoms with Crippen LogP contribution in [0.15, 0.2) is 42.5 Å². The molecule has 0 radical (unpaired) electrons. The highest BCUT2D eigenvalue weighted by Gasteiger charge is 2.25.